The molecule has 3 rings (SSSR count). The van der Waals surface area contributed by atoms with E-state index in [0.717, 1.165) is 38.5 Å². The second-order valence-electron chi connectivity index (χ2n) is 29.6. The highest BCUT2D eigenvalue weighted by Gasteiger charge is 2.54. The van der Waals surface area contributed by atoms with Crippen molar-refractivity contribution >= 4 is 5.91 Å². The van der Waals surface area contributed by atoms with Crippen LogP contribution in [-0.2, 0) is 33.2 Å². The summed E-state index contributed by atoms with van der Waals surface area (Å²) in [5.41, 5.74) is 0. The van der Waals surface area contributed by atoms with Gasteiger partial charge in [0.1, 0.15) is 73.2 Å². The van der Waals surface area contributed by atoms with Crippen LogP contribution >= 0.6 is 0 Å². The van der Waals surface area contributed by atoms with Crippen LogP contribution in [0.5, 0.6) is 0 Å². The average Bonchev–Trinajstić information content (AvgIpc) is 0.783. The van der Waals surface area contributed by atoms with Gasteiger partial charge in [-0.25, -0.2) is 0 Å². The van der Waals surface area contributed by atoms with Gasteiger partial charge in [0.2, 0.25) is 5.91 Å². The number of unbranched alkanes of at least 4 members (excludes halogenated alkanes) is 46. The van der Waals surface area contributed by atoms with Crippen LogP contribution in [-0.4, -0.2) is 193 Å². The number of carbonyl (C=O) groups is 1. The minimum Gasteiger partial charge on any atom is -0.394 e. The predicted molar refractivity (Wildman–Crippen MR) is 397 cm³/mol. The van der Waals surface area contributed by atoms with E-state index < -0.39 is 124 Å². The number of carbonyl (C=O) groups excluding carboxylic acids is 1. The maximum Gasteiger partial charge on any atom is 0.220 e. The van der Waals surface area contributed by atoms with Gasteiger partial charge in [-0.05, 0) is 57.8 Å². The van der Waals surface area contributed by atoms with Crippen LogP contribution in [0, 0.1) is 0 Å². The minimum absolute atomic E-state index is 0.239. The topological polar surface area (TPSA) is 307 Å². The third-order valence-corrected chi connectivity index (χ3v) is 20.7. The molecular formula is C81H151NO18. The van der Waals surface area contributed by atoms with Crippen LogP contribution < -0.4 is 5.32 Å². The Labute approximate surface area is 606 Å². The lowest BCUT2D eigenvalue weighted by Crippen LogP contribution is -2.66. The number of rotatable bonds is 66. The Bertz CT molecular complexity index is 1950. The summed E-state index contributed by atoms with van der Waals surface area (Å²) in [6, 6.07) is -0.990. The molecule has 17 unspecified atom stereocenters. The summed E-state index contributed by atoms with van der Waals surface area (Å²) in [6.45, 7) is 1.77. The number of aliphatic hydroxyl groups is 11. The van der Waals surface area contributed by atoms with Crippen molar-refractivity contribution in [3.8, 4) is 0 Å². The van der Waals surface area contributed by atoms with Crippen LogP contribution in [0.25, 0.3) is 0 Å². The number of amides is 1. The lowest BCUT2D eigenvalue weighted by molar-refractivity contribution is -0.379. The molecule has 1 amide bonds. The summed E-state index contributed by atoms with van der Waals surface area (Å²) in [7, 11) is 0. The highest BCUT2D eigenvalue weighted by molar-refractivity contribution is 5.76. The van der Waals surface area contributed by atoms with E-state index >= 15 is 0 Å². The largest absolute Gasteiger partial charge is 0.394 e. The quantitative estimate of drug-likeness (QED) is 0.0199. The smallest absolute Gasteiger partial charge is 0.220 e. The number of allylic oxidation sites excluding steroid dienone is 5. The van der Waals surface area contributed by atoms with Gasteiger partial charge in [0.15, 0.2) is 18.9 Å². The fourth-order valence-corrected chi connectivity index (χ4v) is 14.0. The molecule has 3 aliphatic heterocycles. The summed E-state index contributed by atoms with van der Waals surface area (Å²) in [5, 5.41) is 121. The van der Waals surface area contributed by atoms with Gasteiger partial charge in [0, 0.05) is 6.42 Å². The zero-order valence-corrected chi connectivity index (χ0v) is 62.9. The third kappa shape index (κ3) is 41.8. The molecule has 3 saturated heterocycles. The van der Waals surface area contributed by atoms with Crippen molar-refractivity contribution in [2.45, 2.75) is 446 Å². The molecule has 3 heterocycles. The Morgan fingerprint density at radius 2 is 0.640 bits per heavy atom. The van der Waals surface area contributed by atoms with Gasteiger partial charge in [0.25, 0.3) is 0 Å². The lowest BCUT2D eigenvalue weighted by atomic mass is 9.96. The van der Waals surface area contributed by atoms with E-state index in [0.29, 0.717) is 12.8 Å². The molecule has 12 N–H and O–H groups in total. The molecule has 0 aromatic rings. The Morgan fingerprint density at radius 1 is 0.350 bits per heavy atom. The molecule has 100 heavy (non-hydrogen) atoms. The molecule has 19 heteroatoms. The number of aliphatic hydroxyl groups excluding tert-OH is 11. The minimum atomic E-state index is -1.98. The molecule has 3 fully saturated rings. The zero-order chi connectivity index (χ0) is 72.5. The predicted octanol–water partition coefficient (Wildman–Crippen LogP) is 13.9. The van der Waals surface area contributed by atoms with E-state index in [-0.39, 0.29) is 18.9 Å². The Hall–Kier alpha value is -1.99. The molecule has 0 spiro atoms. The van der Waals surface area contributed by atoms with Crippen molar-refractivity contribution in [2.24, 2.45) is 0 Å². The van der Waals surface area contributed by atoms with Crippen LogP contribution in [0.4, 0.5) is 0 Å². The Kier molecular flexibility index (Phi) is 57.3. The molecular weight excluding hydrogens is 1270 g/mol. The fraction of sp³-hybridized carbons (Fsp3) is 0.914. The zero-order valence-electron chi connectivity index (χ0n) is 62.9. The summed E-state index contributed by atoms with van der Waals surface area (Å²) >= 11 is 0. The van der Waals surface area contributed by atoms with Gasteiger partial charge in [-0.3, -0.25) is 4.79 Å². The summed E-state index contributed by atoms with van der Waals surface area (Å²) in [4.78, 5) is 13.5. The van der Waals surface area contributed by atoms with Gasteiger partial charge in [-0.15, -0.1) is 0 Å². The summed E-state index contributed by atoms with van der Waals surface area (Å²) < 4.78 is 34.5. The van der Waals surface area contributed by atoms with E-state index in [9.17, 15) is 61.0 Å². The molecule has 19 nitrogen and oxygen atoms in total. The van der Waals surface area contributed by atoms with Crippen molar-refractivity contribution in [3.63, 3.8) is 0 Å². The van der Waals surface area contributed by atoms with E-state index in [4.69, 9.17) is 28.4 Å². The molecule has 17 atom stereocenters. The van der Waals surface area contributed by atoms with Crippen molar-refractivity contribution in [1.29, 1.82) is 0 Å². The lowest BCUT2D eigenvalue weighted by Gasteiger charge is -2.48. The van der Waals surface area contributed by atoms with Crippen molar-refractivity contribution in [2.75, 3.05) is 26.4 Å². The first-order valence-electron chi connectivity index (χ1n) is 41.2. The van der Waals surface area contributed by atoms with Gasteiger partial charge >= 0.3 is 0 Å². The molecule has 0 radical (unpaired) electrons. The Balaban J connectivity index is 1.37. The highest BCUT2D eigenvalue weighted by Crippen LogP contribution is 2.33. The van der Waals surface area contributed by atoms with Crippen LogP contribution in [0.1, 0.15) is 341 Å². The number of hydrogen-bond donors (Lipinski definition) is 12. The van der Waals surface area contributed by atoms with E-state index in [1.807, 2.05) is 6.08 Å². The van der Waals surface area contributed by atoms with Crippen LogP contribution in [0.2, 0.25) is 0 Å². The molecule has 0 saturated carbocycles. The number of ether oxygens (including phenoxy) is 6. The first-order valence-corrected chi connectivity index (χ1v) is 41.2. The molecule has 0 aliphatic carbocycles. The second kappa shape index (κ2) is 62.1. The summed E-state index contributed by atoms with van der Waals surface area (Å²) in [5.74, 6) is -0.279. The van der Waals surface area contributed by atoms with E-state index in [1.54, 1.807) is 6.08 Å². The van der Waals surface area contributed by atoms with Gasteiger partial charge < -0.3 is 89.9 Å². The first-order chi connectivity index (χ1) is 48.8. The van der Waals surface area contributed by atoms with Crippen LogP contribution in [0.15, 0.2) is 36.5 Å². The van der Waals surface area contributed by atoms with Crippen LogP contribution in [0.3, 0.4) is 0 Å². The Morgan fingerprint density at radius 3 is 1.00 bits per heavy atom. The van der Waals surface area contributed by atoms with Gasteiger partial charge in [-0.1, -0.05) is 314 Å². The van der Waals surface area contributed by atoms with Gasteiger partial charge in [-0.2, -0.15) is 0 Å². The van der Waals surface area contributed by atoms with Crippen molar-refractivity contribution in [3.05, 3.63) is 36.5 Å². The van der Waals surface area contributed by atoms with Gasteiger partial charge in [0.05, 0.1) is 38.6 Å². The van der Waals surface area contributed by atoms with Crippen molar-refractivity contribution < 1.29 is 89.4 Å². The molecule has 0 aromatic heterocycles. The first kappa shape index (κ1) is 92.2. The van der Waals surface area contributed by atoms with Crippen molar-refractivity contribution in [1.82, 2.24) is 5.32 Å². The molecule has 0 aromatic carbocycles. The second-order valence-corrected chi connectivity index (χ2v) is 29.6. The fourth-order valence-electron chi connectivity index (χ4n) is 14.0. The number of hydrogen-bond acceptors (Lipinski definition) is 18. The monoisotopic (exact) mass is 1430 g/mol. The number of nitrogens with one attached hydrogen (secondary N) is 1. The highest BCUT2D eigenvalue weighted by atomic mass is 16.8. The third-order valence-electron chi connectivity index (χ3n) is 20.7. The SMILES string of the molecule is CCCCCCCCCC/C=C\CCCCCCCCCCCCCCCCCCCCCC(=O)NC(COC1OC(CO)C(OC2OC(CO)C(OC3OC(CO)C(O)C(O)C3O)C(O)C2O)C(O)C1O)C(O)/C=C/CC/C=C/CCCCCCCCCCCCCCCCCCCC. The van der Waals surface area contributed by atoms with E-state index in [1.165, 1.54) is 270 Å². The molecule has 3 aliphatic rings. The summed E-state index contributed by atoms with van der Waals surface area (Å²) in [6.07, 6.45) is 50.0. The normalized spacial score (nSPS) is 26.6. The maximum atomic E-state index is 13.5. The standard InChI is InChI=1S/C81H151NO18/c1-3-5-7-9-11-13-15-17-19-21-23-25-27-29-30-31-32-33-34-35-37-39-41-43-45-47-49-51-53-55-57-59-69(87)82-64(65(86)58-56-54-52-50-48-46-44-42-40-38-36-28-26-24-22-20-18-16-14-12-10-8-6-4-2)63-95-79-75(93)72(90)77(67(61-84)97-79)100-81-76(94)73(91)78(68(62-85)98-81)99-80-74(92)71(89)70(88)66(60-83)96-80/h21,23,48,50,56,58,64-68,70-81,83-86,88-94H,3-20,22,24-47,49,51-55,57,59-63H2,1-2H3,(H,82,87)/b23-21-,50-48+,58-56+. The molecule has 588 valence electrons. The van der Waals surface area contributed by atoms with E-state index in [2.05, 4.69) is 43.5 Å². The average molecular weight is 1430 g/mol. The molecule has 0 bridgehead atoms. The maximum absolute atomic E-state index is 13.5.